The first-order valence-corrected chi connectivity index (χ1v) is 11.6. The second kappa shape index (κ2) is 9.00. The van der Waals surface area contributed by atoms with Gasteiger partial charge < -0.3 is 24.1 Å². The number of ether oxygens (including phenoxy) is 1. The van der Waals surface area contributed by atoms with E-state index in [1.165, 1.54) is 11.2 Å². The summed E-state index contributed by atoms with van der Waals surface area (Å²) < 4.78 is 11.0. The SMILES string of the molecule is CCOc1cc(/C(O)=C2\C(=O)C(=O)N(Cc3ccco3)C2c2c(C)[nH]c3ccccc23)ccc1Cl. The van der Waals surface area contributed by atoms with E-state index in [9.17, 15) is 14.7 Å². The molecule has 0 spiro atoms. The van der Waals surface area contributed by atoms with Crippen molar-refractivity contribution in [3.8, 4) is 5.75 Å². The maximum atomic E-state index is 13.4. The summed E-state index contributed by atoms with van der Waals surface area (Å²) in [7, 11) is 0. The van der Waals surface area contributed by atoms with Gasteiger partial charge in [-0.25, -0.2) is 0 Å². The first-order chi connectivity index (χ1) is 16.9. The van der Waals surface area contributed by atoms with Crippen molar-refractivity contribution in [2.75, 3.05) is 6.61 Å². The number of hydrogen-bond donors (Lipinski definition) is 2. The van der Waals surface area contributed by atoms with E-state index in [1.54, 1.807) is 30.3 Å². The van der Waals surface area contributed by atoms with Gasteiger partial charge in [-0.15, -0.1) is 0 Å². The summed E-state index contributed by atoms with van der Waals surface area (Å²) in [5.74, 6) is -0.867. The van der Waals surface area contributed by atoms with Gasteiger partial charge in [0, 0.05) is 27.7 Å². The number of aromatic nitrogens is 1. The predicted octanol–water partition coefficient (Wildman–Crippen LogP) is 5.74. The number of nitrogens with one attached hydrogen (secondary N) is 1. The number of hydrogen-bond acceptors (Lipinski definition) is 5. The summed E-state index contributed by atoms with van der Waals surface area (Å²) in [6.45, 7) is 4.16. The molecule has 0 radical (unpaired) electrons. The van der Waals surface area contributed by atoms with Crippen LogP contribution in [-0.4, -0.2) is 33.3 Å². The first-order valence-electron chi connectivity index (χ1n) is 11.2. The van der Waals surface area contributed by atoms with E-state index < -0.39 is 17.7 Å². The summed E-state index contributed by atoms with van der Waals surface area (Å²) in [6, 6.07) is 15.0. The molecule has 2 aromatic heterocycles. The van der Waals surface area contributed by atoms with Crippen LogP contribution in [0.4, 0.5) is 0 Å². The molecular formula is C27H23ClN2O5. The zero-order chi connectivity index (χ0) is 24.7. The third-order valence-corrected chi connectivity index (χ3v) is 6.48. The van der Waals surface area contributed by atoms with E-state index in [4.69, 9.17) is 20.8 Å². The summed E-state index contributed by atoms with van der Waals surface area (Å²) in [6.07, 6.45) is 1.51. The lowest BCUT2D eigenvalue weighted by Crippen LogP contribution is -2.29. The van der Waals surface area contributed by atoms with E-state index in [1.807, 2.05) is 38.1 Å². The van der Waals surface area contributed by atoms with Gasteiger partial charge in [0.25, 0.3) is 11.7 Å². The van der Waals surface area contributed by atoms with Crippen LogP contribution in [0.2, 0.25) is 5.02 Å². The van der Waals surface area contributed by atoms with Crippen LogP contribution in [0.3, 0.4) is 0 Å². The highest BCUT2D eigenvalue weighted by molar-refractivity contribution is 6.46. The second-order valence-corrected chi connectivity index (χ2v) is 8.70. The number of furan rings is 1. The number of amides is 1. The van der Waals surface area contributed by atoms with Crippen LogP contribution < -0.4 is 4.74 Å². The third kappa shape index (κ3) is 3.88. The standard InChI is InChI=1S/C27H23ClN2O5/c1-3-34-21-13-16(10-11-19(21)28)25(31)23-24(22-15(2)29-20-9-5-4-8-18(20)22)30(27(33)26(23)32)14-17-7-6-12-35-17/h4-13,24,29,31H,3,14H2,1-2H3/b25-23+. The van der Waals surface area contributed by atoms with Crippen molar-refractivity contribution in [3.63, 3.8) is 0 Å². The lowest BCUT2D eigenvalue weighted by molar-refractivity contribution is -0.140. The molecule has 178 valence electrons. The number of rotatable bonds is 6. The molecule has 3 heterocycles. The number of para-hydroxylation sites is 1. The molecule has 0 bridgehead atoms. The number of benzene rings is 2. The number of aryl methyl sites for hydroxylation is 1. The molecule has 1 fully saturated rings. The number of carbonyl (C=O) groups is 2. The van der Waals surface area contributed by atoms with E-state index in [-0.39, 0.29) is 17.9 Å². The Kier molecular flexibility index (Phi) is 5.86. The normalized spacial score (nSPS) is 17.5. The number of halogens is 1. The molecule has 1 unspecified atom stereocenters. The molecule has 0 saturated carbocycles. The van der Waals surface area contributed by atoms with Crippen LogP contribution in [0.1, 0.15) is 35.5 Å². The van der Waals surface area contributed by atoms with Gasteiger partial charge in [-0.3, -0.25) is 9.59 Å². The highest BCUT2D eigenvalue weighted by atomic mass is 35.5. The Morgan fingerprint density at radius 2 is 1.97 bits per heavy atom. The van der Waals surface area contributed by atoms with Gasteiger partial charge in [-0.2, -0.15) is 0 Å². The fourth-order valence-corrected chi connectivity index (χ4v) is 4.81. The van der Waals surface area contributed by atoms with Gasteiger partial charge in [0.15, 0.2) is 0 Å². The second-order valence-electron chi connectivity index (χ2n) is 8.29. The number of carbonyl (C=O) groups excluding carboxylic acids is 2. The van der Waals surface area contributed by atoms with Crippen LogP contribution in [0.15, 0.2) is 70.9 Å². The summed E-state index contributed by atoms with van der Waals surface area (Å²) in [5, 5.41) is 12.7. The van der Waals surface area contributed by atoms with Gasteiger partial charge in [0.2, 0.25) is 0 Å². The largest absolute Gasteiger partial charge is 0.507 e. The smallest absolute Gasteiger partial charge is 0.296 e. The number of Topliss-reactive ketones (excluding diaryl/α,β-unsaturated/α-hetero) is 1. The average Bonchev–Trinajstić information content (AvgIpc) is 3.53. The van der Waals surface area contributed by atoms with E-state index in [0.717, 1.165) is 22.2 Å². The molecule has 5 rings (SSSR count). The molecular weight excluding hydrogens is 468 g/mol. The maximum absolute atomic E-state index is 13.4. The van der Waals surface area contributed by atoms with Crippen molar-refractivity contribution in [2.24, 2.45) is 0 Å². The van der Waals surface area contributed by atoms with Crippen molar-refractivity contribution in [3.05, 3.63) is 94.0 Å². The Morgan fingerprint density at radius 3 is 2.71 bits per heavy atom. The van der Waals surface area contributed by atoms with Crippen LogP contribution >= 0.6 is 11.6 Å². The number of fused-ring (bicyclic) bond motifs is 1. The maximum Gasteiger partial charge on any atom is 0.296 e. The molecule has 1 atom stereocenters. The number of likely N-dealkylation sites (tertiary alicyclic amines) is 1. The first kappa shape index (κ1) is 22.8. The zero-order valence-electron chi connectivity index (χ0n) is 19.2. The van der Waals surface area contributed by atoms with Gasteiger partial charge in [-0.1, -0.05) is 29.8 Å². The molecule has 35 heavy (non-hydrogen) atoms. The van der Waals surface area contributed by atoms with Crippen molar-refractivity contribution >= 4 is 40.0 Å². The molecule has 8 heteroatoms. The van der Waals surface area contributed by atoms with E-state index in [0.29, 0.717) is 28.7 Å². The average molecular weight is 491 g/mol. The highest BCUT2D eigenvalue weighted by Crippen LogP contribution is 2.44. The van der Waals surface area contributed by atoms with Crippen LogP contribution in [0.5, 0.6) is 5.75 Å². The zero-order valence-corrected chi connectivity index (χ0v) is 19.9. The van der Waals surface area contributed by atoms with Crippen molar-refractivity contribution in [2.45, 2.75) is 26.4 Å². The molecule has 1 saturated heterocycles. The fourth-order valence-electron chi connectivity index (χ4n) is 4.64. The van der Waals surface area contributed by atoms with Gasteiger partial charge in [0.1, 0.15) is 17.3 Å². The van der Waals surface area contributed by atoms with Gasteiger partial charge >= 0.3 is 0 Å². The lowest BCUT2D eigenvalue weighted by atomic mass is 9.93. The number of aliphatic hydroxyl groups excluding tert-OH is 1. The molecule has 2 aromatic carbocycles. The monoisotopic (exact) mass is 490 g/mol. The minimum Gasteiger partial charge on any atom is -0.507 e. The minimum atomic E-state index is -0.831. The van der Waals surface area contributed by atoms with Crippen LogP contribution in [0, 0.1) is 6.92 Å². The Hall–Kier alpha value is -3.97. The van der Waals surface area contributed by atoms with Gasteiger partial charge in [0.05, 0.1) is 36.1 Å². The molecule has 0 aliphatic carbocycles. The van der Waals surface area contributed by atoms with E-state index >= 15 is 0 Å². The Morgan fingerprint density at radius 1 is 1.17 bits per heavy atom. The van der Waals surface area contributed by atoms with Crippen molar-refractivity contribution < 1.29 is 23.8 Å². The molecule has 2 N–H and O–H groups in total. The summed E-state index contributed by atoms with van der Waals surface area (Å²) in [5.41, 5.74) is 2.73. The van der Waals surface area contributed by atoms with Crippen molar-refractivity contribution in [1.82, 2.24) is 9.88 Å². The molecule has 1 amide bonds. The van der Waals surface area contributed by atoms with Crippen LogP contribution in [-0.2, 0) is 16.1 Å². The van der Waals surface area contributed by atoms with Crippen LogP contribution in [0.25, 0.3) is 16.7 Å². The molecule has 1 aliphatic heterocycles. The number of aliphatic hydroxyl groups is 1. The number of ketones is 1. The summed E-state index contributed by atoms with van der Waals surface area (Å²) >= 11 is 6.22. The molecule has 1 aliphatic rings. The van der Waals surface area contributed by atoms with E-state index in [2.05, 4.69) is 4.98 Å². The van der Waals surface area contributed by atoms with Gasteiger partial charge in [-0.05, 0) is 50.2 Å². The number of aromatic amines is 1. The van der Waals surface area contributed by atoms with Crippen molar-refractivity contribution in [1.29, 1.82) is 0 Å². The molecule has 7 nitrogen and oxygen atoms in total. The summed E-state index contributed by atoms with van der Waals surface area (Å²) in [4.78, 5) is 31.4. The fraction of sp³-hybridized carbons (Fsp3) is 0.185. The quantitative estimate of drug-likeness (QED) is 0.204. The lowest BCUT2D eigenvalue weighted by Gasteiger charge is -2.25. The number of H-pyrrole nitrogens is 1. The Bertz CT molecular complexity index is 1470. The third-order valence-electron chi connectivity index (χ3n) is 6.17. The molecule has 4 aromatic rings. The highest BCUT2D eigenvalue weighted by Gasteiger charge is 2.47. The predicted molar refractivity (Wildman–Crippen MR) is 132 cm³/mol. The topological polar surface area (TPSA) is 95.8 Å². The Labute approximate surface area is 206 Å². The minimum absolute atomic E-state index is 0.000759. The number of nitrogens with zero attached hydrogens (tertiary/aromatic N) is 1. The Balaban J connectivity index is 1.73.